The van der Waals surface area contributed by atoms with E-state index in [0.717, 1.165) is 16.5 Å². The molecule has 0 saturated heterocycles. The summed E-state index contributed by atoms with van der Waals surface area (Å²) in [6.45, 7) is 12.2. The lowest BCUT2D eigenvalue weighted by Crippen LogP contribution is -2.51. The van der Waals surface area contributed by atoms with Gasteiger partial charge in [0.25, 0.3) is 5.91 Å². The summed E-state index contributed by atoms with van der Waals surface area (Å²) in [5.41, 5.74) is 1.84. The van der Waals surface area contributed by atoms with Crippen LogP contribution < -0.4 is 10.1 Å². The molecule has 1 N–H and O–H groups in total. The third kappa shape index (κ3) is 8.40. The van der Waals surface area contributed by atoms with Crippen LogP contribution in [0.25, 0.3) is 0 Å². The Morgan fingerprint density at radius 3 is 2.31 bits per heavy atom. The molecule has 8 heteroatoms. The second kappa shape index (κ2) is 13.0. The second-order valence-corrected chi connectivity index (χ2v) is 11.4. The van der Waals surface area contributed by atoms with E-state index in [1.807, 2.05) is 39.0 Å². The topological polar surface area (TPSA) is 58.6 Å². The highest BCUT2D eigenvalue weighted by atomic mass is 79.9. The van der Waals surface area contributed by atoms with Crippen molar-refractivity contribution in [2.24, 2.45) is 0 Å². The van der Waals surface area contributed by atoms with Gasteiger partial charge in [-0.1, -0.05) is 70.0 Å². The lowest BCUT2D eigenvalue weighted by molar-refractivity contribution is -0.143. The number of hydrogen-bond acceptors (Lipinski definition) is 3. The van der Waals surface area contributed by atoms with Crippen LogP contribution in [0.5, 0.6) is 5.75 Å². The Morgan fingerprint density at radius 2 is 1.77 bits per heavy atom. The van der Waals surface area contributed by atoms with E-state index in [0.29, 0.717) is 27.8 Å². The van der Waals surface area contributed by atoms with Crippen LogP contribution in [-0.2, 0) is 21.5 Å². The lowest BCUT2D eigenvalue weighted by Gasteiger charge is -2.31. The van der Waals surface area contributed by atoms with E-state index in [9.17, 15) is 9.59 Å². The number of rotatable bonds is 10. The minimum absolute atomic E-state index is 0.00107. The smallest absolute Gasteiger partial charge is 0.261 e. The number of carbonyl (C=O) groups excluding carboxylic acids is 2. The van der Waals surface area contributed by atoms with E-state index >= 15 is 0 Å². The minimum Gasteiger partial charge on any atom is -0.483 e. The number of nitrogens with one attached hydrogen (secondary N) is 1. The van der Waals surface area contributed by atoms with Gasteiger partial charge in [-0.15, -0.1) is 0 Å². The Bertz CT molecular complexity index is 1040. The molecule has 2 amide bonds. The van der Waals surface area contributed by atoms with Gasteiger partial charge in [0.05, 0.1) is 4.47 Å². The largest absolute Gasteiger partial charge is 0.483 e. The Morgan fingerprint density at radius 1 is 1.09 bits per heavy atom. The molecule has 0 spiro atoms. The fourth-order valence-electron chi connectivity index (χ4n) is 3.50. The molecule has 2 rings (SSSR count). The number of halogens is 3. The molecule has 0 saturated carbocycles. The summed E-state index contributed by atoms with van der Waals surface area (Å²) in [7, 11) is 0. The molecule has 0 aliphatic carbocycles. The zero-order chi connectivity index (χ0) is 26.3. The fraction of sp³-hybridized carbons (Fsp3) is 0.481. The highest BCUT2D eigenvalue weighted by Crippen LogP contribution is 2.31. The van der Waals surface area contributed by atoms with E-state index in [-0.39, 0.29) is 36.4 Å². The minimum atomic E-state index is -0.668. The molecule has 192 valence electrons. The highest BCUT2D eigenvalue weighted by Gasteiger charge is 2.30. The van der Waals surface area contributed by atoms with Crippen LogP contribution in [0.3, 0.4) is 0 Å². The summed E-state index contributed by atoms with van der Waals surface area (Å²) >= 11 is 16.0. The van der Waals surface area contributed by atoms with Crippen LogP contribution in [0.4, 0.5) is 0 Å². The van der Waals surface area contributed by atoms with Crippen LogP contribution in [-0.4, -0.2) is 35.4 Å². The number of amides is 2. The van der Waals surface area contributed by atoms with Crippen LogP contribution in [0, 0.1) is 0 Å². The van der Waals surface area contributed by atoms with Gasteiger partial charge in [-0.05, 0) is 76.5 Å². The lowest BCUT2D eigenvalue weighted by atomic mass is 9.87. The summed E-state index contributed by atoms with van der Waals surface area (Å²) in [4.78, 5) is 28.0. The monoisotopic (exact) mass is 584 g/mol. The van der Waals surface area contributed by atoms with E-state index in [2.05, 4.69) is 42.0 Å². The molecule has 0 fully saturated rings. The molecular formula is C27H35BrCl2N2O3. The van der Waals surface area contributed by atoms with Gasteiger partial charge in [-0.2, -0.15) is 0 Å². The van der Waals surface area contributed by atoms with E-state index in [1.165, 1.54) is 4.90 Å². The second-order valence-electron chi connectivity index (χ2n) is 9.68. The Kier molecular flexibility index (Phi) is 10.9. The van der Waals surface area contributed by atoms with Crippen molar-refractivity contribution in [3.63, 3.8) is 0 Å². The van der Waals surface area contributed by atoms with Crippen molar-refractivity contribution < 1.29 is 14.3 Å². The maximum Gasteiger partial charge on any atom is 0.261 e. The average Bonchev–Trinajstić information content (AvgIpc) is 2.78. The van der Waals surface area contributed by atoms with Gasteiger partial charge in [0.1, 0.15) is 11.8 Å². The van der Waals surface area contributed by atoms with E-state index in [1.54, 1.807) is 18.2 Å². The molecule has 0 bridgehead atoms. The molecule has 0 aromatic heterocycles. The van der Waals surface area contributed by atoms with Gasteiger partial charge in [0.15, 0.2) is 6.61 Å². The zero-order valence-corrected chi connectivity index (χ0v) is 24.4. The number of ether oxygens (including phenoxy) is 1. The predicted molar refractivity (Wildman–Crippen MR) is 147 cm³/mol. The van der Waals surface area contributed by atoms with Crippen molar-refractivity contribution in [1.82, 2.24) is 10.2 Å². The molecule has 0 radical (unpaired) electrons. The van der Waals surface area contributed by atoms with Crippen molar-refractivity contribution in [3.05, 3.63) is 62.0 Å². The van der Waals surface area contributed by atoms with Gasteiger partial charge in [-0.3, -0.25) is 9.59 Å². The predicted octanol–water partition coefficient (Wildman–Crippen LogP) is 7.15. The third-order valence-electron chi connectivity index (χ3n) is 5.89. The van der Waals surface area contributed by atoms with E-state index in [4.69, 9.17) is 27.9 Å². The van der Waals surface area contributed by atoms with Crippen molar-refractivity contribution >= 4 is 50.9 Å². The molecular weight excluding hydrogens is 551 g/mol. The van der Waals surface area contributed by atoms with Gasteiger partial charge in [-0.25, -0.2) is 0 Å². The standard InChI is InChI=1S/C27H35BrCl2N2O3/c1-7-17(3)31-26(34)23(8-2)32(15-18-9-11-20(29)14-22(18)30)25(33)16-35-24-12-10-19(13-21(24)28)27(4,5)6/h9-14,17,23H,7-8,15-16H2,1-6H3,(H,31,34)/t17-,23-/m0/s1. The molecule has 0 unspecified atom stereocenters. The SMILES string of the molecule is CC[C@H](C)NC(=O)[C@H](CC)N(Cc1ccc(Cl)cc1Cl)C(=O)COc1ccc(C(C)(C)C)cc1Br. The first-order chi connectivity index (χ1) is 16.4. The zero-order valence-electron chi connectivity index (χ0n) is 21.3. The van der Waals surface area contributed by atoms with Crippen LogP contribution in [0.15, 0.2) is 40.9 Å². The van der Waals surface area contributed by atoms with Crippen molar-refractivity contribution in [1.29, 1.82) is 0 Å². The first kappa shape index (κ1) is 29.5. The first-order valence-corrected chi connectivity index (χ1v) is 13.4. The fourth-order valence-corrected chi connectivity index (χ4v) is 4.46. The Labute approximate surface area is 227 Å². The first-order valence-electron chi connectivity index (χ1n) is 11.8. The summed E-state index contributed by atoms with van der Waals surface area (Å²) in [5.74, 6) is 0.0536. The molecule has 0 heterocycles. The maximum absolute atomic E-state index is 13.4. The number of benzene rings is 2. The van der Waals surface area contributed by atoms with Crippen molar-refractivity contribution in [2.75, 3.05) is 6.61 Å². The van der Waals surface area contributed by atoms with Gasteiger partial charge < -0.3 is 15.0 Å². The third-order valence-corrected chi connectivity index (χ3v) is 7.10. The molecule has 0 aliphatic heterocycles. The number of nitrogens with zero attached hydrogens (tertiary/aromatic N) is 1. The molecule has 5 nitrogen and oxygen atoms in total. The van der Waals surface area contributed by atoms with Crippen LogP contribution >= 0.6 is 39.1 Å². The number of hydrogen-bond donors (Lipinski definition) is 1. The van der Waals surface area contributed by atoms with Crippen LogP contribution in [0.1, 0.15) is 65.5 Å². The molecule has 0 aliphatic rings. The average molecular weight is 586 g/mol. The highest BCUT2D eigenvalue weighted by molar-refractivity contribution is 9.10. The summed E-state index contributed by atoms with van der Waals surface area (Å²) in [5, 5.41) is 3.94. The number of carbonyl (C=O) groups is 2. The van der Waals surface area contributed by atoms with Crippen molar-refractivity contribution in [3.8, 4) is 5.75 Å². The van der Waals surface area contributed by atoms with Crippen LogP contribution in [0.2, 0.25) is 10.0 Å². The van der Waals surface area contributed by atoms with Gasteiger partial charge in [0, 0.05) is 22.6 Å². The summed E-state index contributed by atoms with van der Waals surface area (Å²) in [6.07, 6.45) is 1.24. The summed E-state index contributed by atoms with van der Waals surface area (Å²) in [6, 6.07) is 10.3. The normalized spacial score (nSPS) is 13.2. The van der Waals surface area contributed by atoms with Gasteiger partial charge >= 0.3 is 0 Å². The van der Waals surface area contributed by atoms with Gasteiger partial charge in [0.2, 0.25) is 5.91 Å². The molecule has 2 aromatic rings. The molecule has 2 atom stereocenters. The maximum atomic E-state index is 13.4. The summed E-state index contributed by atoms with van der Waals surface area (Å²) < 4.78 is 6.66. The molecule has 2 aromatic carbocycles. The Balaban J connectivity index is 2.29. The quantitative estimate of drug-likeness (QED) is 0.322. The molecule has 35 heavy (non-hydrogen) atoms. The van der Waals surface area contributed by atoms with E-state index < -0.39 is 6.04 Å². The Hall–Kier alpha value is -1.76. The van der Waals surface area contributed by atoms with Crippen molar-refractivity contribution in [2.45, 2.75) is 78.4 Å².